The molecule has 2 heteroatoms. The molecule has 2 aromatic rings. The lowest BCUT2D eigenvalue weighted by Gasteiger charge is -1.99. The van der Waals surface area contributed by atoms with Gasteiger partial charge in [0.2, 0.25) is 0 Å². The van der Waals surface area contributed by atoms with Crippen molar-refractivity contribution in [2.75, 3.05) is 6.61 Å². The van der Waals surface area contributed by atoms with E-state index in [4.69, 9.17) is 5.11 Å². The molecule has 0 aliphatic rings. The Morgan fingerprint density at radius 2 is 2.14 bits per heavy atom. The molecule has 14 heavy (non-hydrogen) atoms. The highest BCUT2D eigenvalue weighted by molar-refractivity contribution is 5.86. The summed E-state index contributed by atoms with van der Waals surface area (Å²) in [7, 11) is 0. The van der Waals surface area contributed by atoms with Gasteiger partial charge in [-0.05, 0) is 24.0 Å². The summed E-state index contributed by atoms with van der Waals surface area (Å²) >= 11 is 0. The number of fused-ring (bicyclic) bond motifs is 1. The first-order chi connectivity index (χ1) is 6.86. The summed E-state index contributed by atoms with van der Waals surface area (Å²) in [5.41, 5.74) is 3.77. The molecule has 0 saturated carbocycles. The lowest BCUT2D eigenvalue weighted by Crippen LogP contribution is -1.88. The molecule has 2 N–H and O–H groups in total. The molecule has 0 atom stereocenters. The Morgan fingerprint density at radius 3 is 2.86 bits per heavy atom. The van der Waals surface area contributed by atoms with Crippen molar-refractivity contribution in [1.82, 2.24) is 4.98 Å². The van der Waals surface area contributed by atoms with Crippen LogP contribution in [0.2, 0.25) is 0 Å². The van der Waals surface area contributed by atoms with Gasteiger partial charge in [0.15, 0.2) is 0 Å². The Bertz CT molecular complexity index is 431. The monoisotopic (exact) mass is 189 g/mol. The van der Waals surface area contributed by atoms with Crippen LogP contribution >= 0.6 is 0 Å². The van der Waals surface area contributed by atoms with Gasteiger partial charge in [-0.1, -0.05) is 25.1 Å². The summed E-state index contributed by atoms with van der Waals surface area (Å²) < 4.78 is 0. The first kappa shape index (κ1) is 9.28. The molecule has 0 aliphatic carbocycles. The average Bonchev–Trinajstić information content (AvgIpc) is 2.62. The van der Waals surface area contributed by atoms with Crippen LogP contribution < -0.4 is 0 Å². The fourth-order valence-corrected chi connectivity index (χ4v) is 1.90. The fraction of sp³-hybridized carbons (Fsp3) is 0.333. The van der Waals surface area contributed by atoms with Crippen molar-refractivity contribution in [2.45, 2.75) is 19.8 Å². The van der Waals surface area contributed by atoms with Gasteiger partial charge in [0.25, 0.3) is 0 Å². The highest BCUT2D eigenvalue weighted by Gasteiger charge is 2.05. The van der Waals surface area contributed by atoms with Gasteiger partial charge in [-0.15, -0.1) is 0 Å². The third-order valence-electron chi connectivity index (χ3n) is 2.65. The highest BCUT2D eigenvalue weighted by atomic mass is 16.2. The highest BCUT2D eigenvalue weighted by Crippen LogP contribution is 2.22. The second-order valence-corrected chi connectivity index (χ2v) is 3.48. The molecule has 0 saturated heterocycles. The number of nitrogens with one attached hydrogen (secondary N) is 1. The molecule has 1 aromatic heterocycles. The number of aryl methyl sites for hydroxylation is 1. The smallest absolute Gasteiger partial charge is 0.0489 e. The number of aliphatic hydroxyl groups excluding tert-OH is 1. The van der Waals surface area contributed by atoms with Crippen molar-refractivity contribution >= 4 is 10.9 Å². The van der Waals surface area contributed by atoms with E-state index in [-0.39, 0.29) is 6.61 Å². The maximum Gasteiger partial charge on any atom is 0.0489 e. The zero-order valence-corrected chi connectivity index (χ0v) is 8.38. The van der Waals surface area contributed by atoms with Crippen LogP contribution in [0.1, 0.15) is 18.1 Å². The van der Waals surface area contributed by atoms with Crippen molar-refractivity contribution in [1.29, 1.82) is 0 Å². The molecule has 0 fully saturated rings. The van der Waals surface area contributed by atoms with Gasteiger partial charge in [-0.2, -0.15) is 0 Å². The molecule has 0 aliphatic heterocycles. The maximum absolute atomic E-state index is 8.91. The van der Waals surface area contributed by atoms with Crippen molar-refractivity contribution in [3.8, 4) is 0 Å². The van der Waals surface area contributed by atoms with Gasteiger partial charge in [0.1, 0.15) is 0 Å². The quantitative estimate of drug-likeness (QED) is 0.763. The Hall–Kier alpha value is -1.28. The standard InChI is InChI=1S/C12H15NO/c1-2-9-4-3-5-11-10(6-7-14)8-13-12(9)11/h3-5,8,13-14H,2,6-7H2,1H3. The molecule has 0 bridgehead atoms. The molecule has 1 aromatic carbocycles. The Morgan fingerprint density at radius 1 is 1.29 bits per heavy atom. The van der Waals surface area contributed by atoms with E-state index in [1.165, 1.54) is 22.0 Å². The van der Waals surface area contributed by atoms with E-state index >= 15 is 0 Å². The zero-order valence-electron chi connectivity index (χ0n) is 8.38. The van der Waals surface area contributed by atoms with E-state index in [9.17, 15) is 0 Å². The van der Waals surface area contributed by atoms with Crippen LogP contribution in [0, 0.1) is 0 Å². The predicted molar refractivity (Wildman–Crippen MR) is 58.5 cm³/mol. The maximum atomic E-state index is 8.91. The molecule has 2 nitrogen and oxygen atoms in total. The minimum Gasteiger partial charge on any atom is -0.396 e. The summed E-state index contributed by atoms with van der Waals surface area (Å²) in [6.07, 6.45) is 3.77. The Balaban J connectivity index is 2.57. The van der Waals surface area contributed by atoms with E-state index in [1.807, 2.05) is 6.20 Å². The van der Waals surface area contributed by atoms with E-state index in [0.29, 0.717) is 0 Å². The number of hydrogen-bond donors (Lipinski definition) is 2. The molecular weight excluding hydrogens is 174 g/mol. The average molecular weight is 189 g/mol. The van der Waals surface area contributed by atoms with Crippen LogP contribution in [0.25, 0.3) is 10.9 Å². The first-order valence-electron chi connectivity index (χ1n) is 5.05. The second kappa shape index (κ2) is 3.84. The van der Waals surface area contributed by atoms with Crippen molar-refractivity contribution in [3.63, 3.8) is 0 Å². The van der Waals surface area contributed by atoms with Crippen LogP contribution in [0.15, 0.2) is 24.4 Å². The van der Waals surface area contributed by atoms with Gasteiger partial charge in [-0.3, -0.25) is 0 Å². The van der Waals surface area contributed by atoms with E-state index in [0.717, 1.165) is 12.8 Å². The summed E-state index contributed by atoms with van der Waals surface area (Å²) in [6, 6.07) is 6.33. The number of aliphatic hydroxyl groups is 1. The normalized spacial score (nSPS) is 11.0. The van der Waals surface area contributed by atoms with Crippen LogP contribution in [0.3, 0.4) is 0 Å². The summed E-state index contributed by atoms with van der Waals surface area (Å²) in [5, 5.41) is 10.2. The number of para-hydroxylation sites is 1. The van der Waals surface area contributed by atoms with Gasteiger partial charge < -0.3 is 10.1 Å². The largest absolute Gasteiger partial charge is 0.396 e. The number of H-pyrrole nitrogens is 1. The third-order valence-corrected chi connectivity index (χ3v) is 2.65. The third kappa shape index (κ3) is 1.42. The lowest BCUT2D eigenvalue weighted by molar-refractivity contribution is 0.300. The molecule has 0 amide bonds. The van der Waals surface area contributed by atoms with Crippen molar-refractivity contribution in [2.24, 2.45) is 0 Å². The molecule has 0 unspecified atom stereocenters. The van der Waals surface area contributed by atoms with Gasteiger partial charge in [0, 0.05) is 23.7 Å². The molecule has 2 rings (SSSR count). The van der Waals surface area contributed by atoms with Crippen LogP contribution in [0.4, 0.5) is 0 Å². The topological polar surface area (TPSA) is 36.0 Å². The Kier molecular flexibility index (Phi) is 2.55. The lowest BCUT2D eigenvalue weighted by atomic mass is 10.1. The molecular formula is C12H15NO. The molecule has 1 heterocycles. The van der Waals surface area contributed by atoms with Crippen molar-refractivity contribution in [3.05, 3.63) is 35.5 Å². The van der Waals surface area contributed by atoms with Gasteiger partial charge in [-0.25, -0.2) is 0 Å². The number of aromatic nitrogens is 1. The second-order valence-electron chi connectivity index (χ2n) is 3.48. The van der Waals surface area contributed by atoms with Gasteiger partial charge in [0.05, 0.1) is 0 Å². The van der Waals surface area contributed by atoms with E-state index in [1.54, 1.807) is 0 Å². The number of benzene rings is 1. The SMILES string of the molecule is CCc1cccc2c(CCO)c[nH]c12. The molecule has 0 spiro atoms. The molecule has 74 valence electrons. The van der Waals surface area contributed by atoms with Gasteiger partial charge >= 0.3 is 0 Å². The molecule has 0 radical (unpaired) electrons. The van der Waals surface area contributed by atoms with Crippen molar-refractivity contribution < 1.29 is 5.11 Å². The fourth-order valence-electron chi connectivity index (χ4n) is 1.90. The summed E-state index contributed by atoms with van der Waals surface area (Å²) in [4.78, 5) is 3.28. The minimum atomic E-state index is 0.212. The van der Waals surface area contributed by atoms with Crippen LogP contribution in [-0.4, -0.2) is 16.7 Å². The number of aromatic amines is 1. The minimum absolute atomic E-state index is 0.212. The van der Waals surface area contributed by atoms with Crippen LogP contribution in [-0.2, 0) is 12.8 Å². The van der Waals surface area contributed by atoms with E-state index in [2.05, 4.69) is 30.1 Å². The summed E-state index contributed by atoms with van der Waals surface area (Å²) in [5.74, 6) is 0. The first-order valence-corrected chi connectivity index (χ1v) is 5.05. The Labute approximate surface area is 83.6 Å². The predicted octanol–water partition coefficient (Wildman–Crippen LogP) is 2.27. The van der Waals surface area contributed by atoms with E-state index < -0.39 is 0 Å². The number of hydrogen-bond acceptors (Lipinski definition) is 1. The van der Waals surface area contributed by atoms with Crippen LogP contribution in [0.5, 0.6) is 0 Å². The zero-order chi connectivity index (χ0) is 9.97. The summed E-state index contributed by atoms with van der Waals surface area (Å²) in [6.45, 7) is 2.37. The number of rotatable bonds is 3.